The number of benzene rings is 12. The van der Waals surface area contributed by atoms with Crippen molar-refractivity contribution < 1.29 is 0 Å². The molecule has 0 radical (unpaired) electrons. The van der Waals surface area contributed by atoms with Gasteiger partial charge in [0.25, 0.3) is 0 Å². The van der Waals surface area contributed by atoms with Crippen molar-refractivity contribution in [2.24, 2.45) is 0 Å². The Morgan fingerprint density at radius 2 is 0.507 bits per heavy atom. The maximum Gasteiger partial charge on any atom is 0.0547 e. The normalized spacial score (nSPS) is 11.5. The van der Waals surface area contributed by atoms with Crippen LogP contribution in [-0.4, -0.2) is 9.13 Å². The molecular weight excluding hydrogens is 907 g/mol. The number of anilines is 3. The van der Waals surface area contributed by atoms with Gasteiger partial charge < -0.3 is 14.0 Å². The fourth-order valence-corrected chi connectivity index (χ4v) is 11.3. The highest BCUT2D eigenvalue weighted by atomic mass is 15.1. The summed E-state index contributed by atoms with van der Waals surface area (Å²) in [5.41, 5.74) is 22.0. The van der Waals surface area contributed by atoms with Crippen molar-refractivity contribution in [2.45, 2.75) is 0 Å². The van der Waals surface area contributed by atoms with E-state index in [9.17, 15) is 0 Å². The van der Waals surface area contributed by atoms with Crippen LogP contribution in [0.3, 0.4) is 0 Å². The van der Waals surface area contributed by atoms with Crippen LogP contribution >= 0.6 is 0 Å². The molecule has 0 aliphatic carbocycles. The average molecular weight is 956 g/mol. The zero-order chi connectivity index (χ0) is 49.7. The number of nitrogens with zero attached hydrogens (tertiary/aromatic N) is 3. The second-order valence-electron chi connectivity index (χ2n) is 19.3. The molecule has 0 aliphatic heterocycles. The molecule has 352 valence electrons. The molecule has 75 heavy (non-hydrogen) atoms. The van der Waals surface area contributed by atoms with Gasteiger partial charge in [-0.3, -0.25) is 0 Å². The lowest BCUT2D eigenvalue weighted by Crippen LogP contribution is -2.09. The Bertz CT molecular complexity index is 4260. The van der Waals surface area contributed by atoms with Crippen molar-refractivity contribution in [3.05, 3.63) is 297 Å². The molecule has 3 nitrogen and oxygen atoms in total. The van der Waals surface area contributed by atoms with E-state index in [-0.39, 0.29) is 0 Å². The molecule has 0 unspecified atom stereocenters. The summed E-state index contributed by atoms with van der Waals surface area (Å²) in [4.78, 5) is 2.36. The summed E-state index contributed by atoms with van der Waals surface area (Å²) in [5, 5.41) is 4.94. The molecule has 0 aliphatic rings. The summed E-state index contributed by atoms with van der Waals surface area (Å²) in [6.45, 7) is 0. The maximum atomic E-state index is 2.41. The second kappa shape index (κ2) is 18.6. The van der Waals surface area contributed by atoms with E-state index in [2.05, 4.69) is 311 Å². The predicted octanol–water partition coefficient (Wildman–Crippen LogP) is 19.7. The number of rotatable bonds is 10. The predicted molar refractivity (Wildman–Crippen MR) is 317 cm³/mol. The quantitative estimate of drug-likeness (QED) is 0.133. The van der Waals surface area contributed by atoms with Gasteiger partial charge in [0.1, 0.15) is 0 Å². The minimum atomic E-state index is 1.08. The zero-order valence-corrected chi connectivity index (χ0v) is 41.1. The van der Waals surface area contributed by atoms with E-state index in [0.717, 1.165) is 56.3 Å². The molecule has 0 N–H and O–H groups in total. The number of fused-ring (bicyclic) bond motifs is 6. The maximum absolute atomic E-state index is 2.41. The van der Waals surface area contributed by atoms with Crippen LogP contribution in [0.15, 0.2) is 297 Å². The van der Waals surface area contributed by atoms with Crippen LogP contribution in [0.4, 0.5) is 17.1 Å². The monoisotopic (exact) mass is 955 g/mol. The van der Waals surface area contributed by atoms with Gasteiger partial charge in [0.2, 0.25) is 0 Å². The van der Waals surface area contributed by atoms with Crippen LogP contribution in [0.2, 0.25) is 0 Å². The molecular formula is C72H49N3. The summed E-state index contributed by atoms with van der Waals surface area (Å²) in [5.74, 6) is 0. The summed E-state index contributed by atoms with van der Waals surface area (Å²) >= 11 is 0. The Morgan fingerprint density at radius 1 is 0.187 bits per heavy atom. The van der Waals surface area contributed by atoms with Gasteiger partial charge in [-0.15, -0.1) is 0 Å². The lowest BCUT2D eigenvalue weighted by Gasteiger charge is -2.26. The van der Waals surface area contributed by atoms with Crippen molar-refractivity contribution in [3.63, 3.8) is 0 Å². The fourth-order valence-electron chi connectivity index (χ4n) is 11.3. The highest BCUT2D eigenvalue weighted by Gasteiger charge is 2.19. The van der Waals surface area contributed by atoms with Gasteiger partial charge >= 0.3 is 0 Å². The van der Waals surface area contributed by atoms with Crippen LogP contribution in [0.5, 0.6) is 0 Å². The number of aromatic nitrogens is 2. The Kier molecular flexibility index (Phi) is 10.8. The summed E-state index contributed by atoms with van der Waals surface area (Å²) in [6.07, 6.45) is 0. The first-order valence-electron chi connectivity index (χ1n) is 25.7. The van der Waals surface area contributed by atoms with Gasteiger partial charge in [-0.2, -0.15) is 0 Å². The first-order valence-corrected chi connectivity index (χ1v) is 25.7. The summed E-state index contributed by atoms with van der Waals surface area (Å²) in [6, 6.07) is 108. The number of hydrogen-bond acceptors (Lipinski definition) is 1. The van der Waals surface area contributed by atoms with Gasteiger partial charge in [0.15, 0.2) is 0 Å². The number of para-hydroxylation sites is 4. The van der Waals surface area contributed by atoms with E-state index in [1.165, 1.54) is 71.4 Å². The third kappa shape index (κ3) is 7.95. The topological polar surface area (TPSA) is 13.1 Å². The first kappa shape index (κ1) is 43.8. The first-order chi connectivity index (χ1) is 37.2. The molecule has 0 bridgehead atoms. The van der Waals surface area contributed by atoms with E-state index >= 15 is 0 Å². The molecule has 0 fully saturated rings. The molecule has 0 saturated heterocycles. The minimum absolute atomic E-state index is 1.08. The largest absolute Gasteiger partial charge is 0.311 e. The minimum Gasteiger partial charge on any atom is -0.311 e. The molecule has 0 atom stereocenters. The molecule has 0 saturated carbocycles. The SMILES string of the molecule is c1ccc(-c2ccc(N(c3ccc(-c4ccccc4)cc3)c3ccc(-c4cc(-c5ccc6c(c5)c5ccccc5n6-c5ccccc5)cc(-c5ccc6c7ccccc7n(-c7ccccc7)c6c5)c4)cc3)cc2)cc1. The van der Waals surface area contributed by atoms with Crippen molar-refractivity contribution in [1.29, 1.82) is 0 Å². The molecule has 0 spiro atoms. The third-order valence-corrected chi connectivity index (χ3v) is 14.9. The van der Waals surface area contributed by atoms with Crippen LogP contribution in [0, 0.1) is 0 Å². The van der Waals surface area contributed by atoms with Gasteiger partial charge in [0.05, 0.1) is 22.1 Å². The molecule has 14 rings (SSSR count). The van der Waals surface area contributed by atoms with Crippen LogP contribution in [0.1, 0.15) is 0 Å². The zero-order valence-electron chi connectivity index (χ0n) is 41.1. The number of hydrogen-bond donors (Lipinski definition) is 0. The van der Waals surface area contributed by atoms with E-state index in [0.29, 0.717) is 0 Å². The van der Waals surface area contributed by atoms with Crippen LogP contribution in [0.25, 0.3) is 111 Å². The second-order valence-corrected chi connectivity index (χ2v) is 19.3. The standard InChI is InChI=1S/C72H49N3/c1-5-17-50(18-6-1)52-29-37-62(38-30-52)73(63-39-31-53(32-40-63)51-19-7-2-8-20-51)64-41-33-54(34-42-64)57-45-58(55-36-44-71-68(48-55)66-26-14-16-28-70(66)74(71)60-21-9-3-10-22-60)47-59(46-57)56-35-43-67-65-25-13-15-27-69(65)75(72(67)49-56)61-23-11-4-12-24-61/h1-49H. The van der Waals surface area contributed by atoms with Gasteiger partial charge in [0, 0.05) is 50.0 Å². The highest BCUT2D eigenvalue weighted by Crippen LogP contribution is 2.42. The Hall–Kier alpha value is -9.96. The molecule has 3 heteroatoms. The molecule has 2 heterocycles. The van der Waals surface area contributed by atoms with Gasteiger partial charge in [-0.05, 0) is 165 Å². The lowest BCUT2D eigenvalue weighted by atomic mass is 9.92. The van der Waals surface area contributed by atoms with Crippen molar-refractivity contribution in [1.82, 2.24) is 9.13 Å². The smallest absolute Gasteiger partial charge is 0.0547 e. The Labute approximate surface area is 436 Å². The molecule has 12 aromatic carbocycles. The van der Waals surface area contributed by atoms with Crippen LogP contribution in [-0.2, 0) is 0 Å². The van der Waals surface area contributed by atoms with E-state index in [4.69, 9.17) is 0 Å². The summed E-state index contributed by atoms with van der Waals surface area (Å²) < 4.78 is 4.79. The van der Waals surface area contributed by atoms with Gasteiger partial charge in [-0.1, -0.05) is 188 Å². The summed E-state index contributed by atoms with van der Waals surface area (Å²) in [7, 11) is 0. The lowest BCUT2D eigenvalue weighted by molar-refractivity contribution is 1.18. The van der Waals surface area contributed by atoms with Crippen LogP contribution < -0.4 is 4.90 Å². The average Bonchev–Trinajstić information content (AvgIpc) is 4.03. The van der Waals surface area contributed by atoms with E-state index in [1.807, 2.05) is 0 Å². The molecule has 0 amide bonds. The van der Waals surface area contributed by atoms with Crippen molar-refractivity contribution in [3.8, 4) is 67.0 Å². The molecule has 2 aromatic heterocycles. The fraction of sp³-hybridized carbons (Fsp3) is 0. The Balaban J connectivity index is 0.917. The van der Waals surface area contributed by atoms with Gasteiger partial charge in [-0.25, -0.2) is 0 Å². The van der Waals surface area contributed by atoms with E-state index < -0.39 is 0 Å². The van der Waals surface area contributed by atoms with E-state index in [1.54, 1.807) is 0 Å². The highest BCUT2D eigenvalue weighted by molar-refractivity contribution is 6.12. The Morgan fingerprint density at radius 3 is 1.00 bits per heavy atom. The van der Waals surface area contributed by atoms with Crippen molar-refractivity contribution in [2.75, 3.05) is 4.90 Å². The molecule has 14 aromatic rings. The third-order valence-electron chi connectivity index (χ3n) is 14.9. The van der Waals surface area contributed by atoms with Crippen molar-refractivity contribution >= 4 is 60.7 Å².